The molecule has 0 heterocycles. The Morgan fingerprint density at radius 2 is 1.92 bits per heavy atom. The molecule has 1 rings (SSSR count). The van der Waals surface area contributed by atoms with Crippen molar-refractivity contribution in [3.63, 3.8) is 0 Å². The molecule has 1 aromatic rings. The Morgan fingerprint density at radius 1 is 1.28 bits per heavy atom. The Balaban J connectivity index is 2.45. The zero-order valence-corrected chi connectivity index (χ0v) is 17.3. The van der Waals surface area contributed by atoms with E-state index in [1.165, 1.54) is 18.7 Å². The molecule has 1 aromatic carbocycles. The molecule has 0 saturated heterocycles. The molecule has 25 heavy (non-hydrogen) atoms. The number of hydrogen-bond acceptors (Lipinski definition) is 5. The monoisotopic (exact) mass is 430 g/mol. The molecule has 0 saturated carbocycles. The smallest absolute Gasteiger partial charge is 0.321 e. The van der Waals surface area contributed by atoms with Crippen LogP contribution in [0.1, 0.15) is 33.3 Å². The minimum Gasteiger partial charge on any atom is -0.452 e. The second kappa shape index (κ2) is 9.24. The van der Waals surface area contributed by atoms with Gasteiger partial charge in [0, 0.05) is 14.9 Å². The largest absolute Gasteiger partial charge is 0.452 e. The van der Waals surface area contributed by atoms with Crippen molar-refractivity contribution in [2.45, 2.75) is 51.2 Å². The highest BCUT2D eigenvalue weighted by Crippen LogP contribution is 2.25. The van der Waals surface area contributed by atoms with Gasteiger partial charge in [0.25, 0.3) is 5.91 Å². The van der Waals surface area contributed by atoms with Crippen molar-refractivity contribution >= 4 is 45.6 Å². The molecular weight excluding hydrogens is 408 g/mol. The summed E-state index contributed by atoms with van der Waals surface area (Å²) in [6.45, 7) is 8.75. The predicted octanol–water partition coefficient (Wildman–Crippen LogP) is 3.41. The van der Waals surface area contributed by atoms with Crippen LogP contribution in [0.5, 0.6) is 0 Å². The summed E-state index contributed by atoms with van der Waals surface area (Å²) in [5.41, 5.74) is 0.570. The van der Waals surface area contributed by atoms with Crippen molar-refractivity contribution in [2.75, 3.05) is 5.75 Å². The molecule has 0 spiro atoms. The van der Waals surface area contributed by atoms with Gasteiger partial charge < -0.3 is 10.1 Å². The summed E-state index contributed by atoms with van der Waals surface area (Å²) < 4.78 is 6.04. The number of carbonyl (C=O) groups is 3. The summed E-state index contributed by atoms with van der Waals surface area (Å²) in [6.07, 6.45) is -1.05. The lowest BCUT2D eigenvalue weighted by Gasteiger charge is -2.21. The van der Waals surface area contributed by atoms with Crippen molar-refractivity contribution < 1.29 is 19.1 Å². The fourth-order valence-electron chi connectivity index (χ4n) is 1.78. The molecule has 0 radical (unpaired) electrons. The second-order valence-corrected chi connectivity index (χ2v) is 8.46. The molecule has 0 aliphatic heterocycles. The van der Waals surface area contributed by atoms with Crippen molar-refractivity contribution in [3.05, 3.63) is 28.2 Å². The Kier molecular flexibility index (Phi) is 7.95. The van der Waals surface area contributed by atoms with Crippen LogP contribution in [0.15, 0.2) is 27.6 Å². The number of rotatable bonds is 5. The molecule has 2 N–H and O–H groups in total. The van der Waals surface area contributed by atoms with Gasteiger partial charge in [-0.3, -0.25) is 14.9 Å². The maximum absolute atomic E-state index is 11.9. The lowest BCUT2D eigenvalue weighted by atomic mass is 10.1. The number of halogens is 1. The molecule has 0 aliphatic rings. The van der Waals surface area contributed by atoms with Crippen LogP contribution in [0.25, 0.3) is 0 Å². The first-order valence-electron chi connectivity index (χ1n) is 7.69. The van der Waals surface area contributed by atoms with Crippen molar-refractivity contribution in [2.24, 2.45) is 0 Å². The van der Waals surface area contributed by atoms with E-state index in [1.54, 1.807) is 20.8 Å². The van der Waals surface area contributed by atoms with Crippen LogP contribution in [0.2, 0.25) is 0 Å². The van der Waals surface area contributed by atoms with E-state index in [2.05, 4.69) is 26.6 Å². The highest BCUT2D eigenvalue weighted by molar-refractivity contribution is 9.10. The Bertz CT molecular complexity index is 659. The third-order valence-electron chi connectivity index (χ3n) is 2.89. The maximum Gasteiger partial charge on any atom is 0.321 e. The zero-order chi connectivity index (χ0) is 19.2. The minimum absolute atomic E-state index is 0.0777. The van der Waals surface area contributed by atoms with Crippen LogP contribution in [-0.4, -0.2) is 35.3 Å². The lowest BCUT2D eigenvalue weighted by molar-refractivity contribution is -0.151. The molecule has 1 atom stereocenters. The van der Waals surface area contributed by atoms with E-state index in [0.29, 0.717) is 0 Å². The molecule has 0 aliphatic carbocycles. The molecular formula is C17H23BrN2O4S. The number of ether oxygens (including phenoxy) is 1. The molecule has 1 unspecified atom stereocenters. The van der Waals surface area contributed by atoms with Crippen LogP contribution >= 0.6 is 27.7 Å². The zero-order valence-electron chi connectivity index (χ0n) is 14.9. The van der Waals surface area contributed by atoms with Gasteiger partial charge in [-0.15, -0.1) is 11.8 Å². The maximum atomic E-state index is 11.9. The molecule has 3 amide bonds. The second-order valence-electron chi connectivity index (χ2n) is 6.52. The number of thioether (sulfide) groups is 1. The molecule has 138 valence electrons. The van der Waals surface area contributed by atoms with Crippen molar-refractivity contribution in [1.29, 1.82) is 0 Å². The average molecular weight is 431 g/mol. The number of aryl methyl sites for hydroxylation is 1. The predicted molar refractivity (Wildman–Crippen MR) is 102 cm³/mol. The van der Waals surface area contributed by atoms with Crippen molar-refractivity contribution in [3.8, 4) is 0 Å². The van der Waals surface area contributed by atoms with Crippen LogP contribution in [0.3, 0.4) is 0 Å². The van der Waals surface area contributed by atoms with Crippen LogP contribution in [0, 0.1) is 6.92 Å². The van der Waals surface area contributed by atoms with Gasteiger partial charge in [0.1, 0.15) is 0 Å². The standard InChI is InChI=1S/C17H23BrN2O4S/c1-10-8-12(18)6-7-13(10)25-9-14(21)24-11(2)15(22)19-16(23)20-17(3,4)5/h6-8,11H,9H2,1-5H3,(H2,19,20,22,23). The topological polar surface area (TPSA) is 84.5 Å². The number of urea groups is 1. The van der Waals surface area contributed by atoms with Gasteiger partial charge in [0.15, 0.2) is 6.10 Å². The highest BCUT2D eigenvalue weighted by Gasteiger charge is 2.22. The number of amides is 3. The first-order chi connectivity index (χ1) is 11.5. The average Bonchev–Trinajstić information content (AvgIpc) is 2.44. The molecule has 0 aromatic heterocycles. The van der Waals surface area contributed by atoms with Crippen molar-refractivity contribution in [1.82, 2.24) is 10.6 Å². The number of nitrogens with one attached hydrogen (secondary N) is 2. The van der Waals surface area contributed by atoms with Gasteiger partial charge in [0.05, 0.1) is 5.75 Å². The van der Waals surface area contributed by atoms with E-state index in [1.807, 2.05) is 25.1 Å². The van der Waals surface area contributed by atoms with E-state index < -0.39 is 29.6 Å². The SMILES string of the molecule is Cc1cc(Br)ccc1SCC(=O)OC(C)C(=O)NC(=O)NC(C)(C)C. The van der Waals surface area contributed by atoms with Gasteiger partial charge in [-0.1, -0.05) is 15.9 Å². The van der Waals surface area contributed by atoms with Crippen LogP contribution in [-0.2, 0) is 14.3 Å². The summed E-state index contributed by atoms with van der Waals surface area (Å²) in [5, 5.41) is 4.75. The van der Waals surface area contributed by atoms with Gasteiger partial charge >= 0.3 is 12.0 Å². The fourth-order valence-corrected chi connectivity index (χ4v) is 3.05. The Morgan fingerprint density at radius 3 is 2.48 bits per heavy atom. The summed E-state index contributed by atoms with van der Waals surface area (Å²) in [7, 11) is 0. The number of imide groups is 1. The summed E-state index contributed by atoms with van der Waals surface area (Å²) in [5.74, 6) is -1.11. The molecule has 6 nitrogen and oxygen atoms in total. The summed E-state index contributed by atoms with van der Waals surface area (Å²) in [4.78, 5) is 36.4. The van der Waals surface area contributed by atoms with E-state index in [0.717, 1.165) is 14.9 Å². The Labute approximate surface area is 160 Å². The third-order valence-corrected chi connectivity index (χ3v) is 4.53. The van der Waals surface area contributed by atoms with E-state index in [-0.39, 0.29) is 5.75 Å². The molecule has 8 heteroatoms. The number of carbonyl (C=O) groups excluding carboxylic acids is 3. The van der Waals surface area contributed by atoms with Gasteiger partial charge in [-0.2, -0.15) is 0 Å². The van der Waals surface area contributed by atoms with Gasteiger partial charge in [0.2, 0.25) is 0 Å². The first-order valence-corrected chi connectivity index (χ1v) is 9.47. The van der Waals surface area contributed by atoms with Crippen LogP contribution < -0.4 is 10.6 Å². The van der Waals surface area contributed by atoms with E-state index >= 15 is 0 Å². The van der Waals surface area contributed by atoms with Crippen LogP contribution in [0.4, 0.5) is 4.79 Å². The summed E-state index contributed by atoms with van der Waals surface area (Å²) >= 11 is 4.72. The quantitative estimate of drug-likeness (QED) is 0.552. The highest BCUT2D eigenvalue weighted by atomic mass is 79.9. The van der Waals surface area contributed by atoms with E-state index in [9.17, 15) is 14.4 Å². The number of benzene rings is 1. The number of hydrogen-bond donors (Lipinski definition) is 2. The summed E-state index contributed by atoms with van der Waals surface area (Å²) in [6, 6.07) is 5.13. The fraction of sp³-hybridized carbons (Fsp3) is 0.471. The molecule has 0 bridgehead atoms. The van der Waals surface area contributed by atoms with Gasteiger partial charge in [-0.25, -0.2) is 4.79 Å². The molecule has 0 fully saturated rings. The normalized spacial score (nSPS) is 12.2. The lowest BCUT2D eigenvalue weighted by Crippen LogP contribution is -2.50. The third kappa shape index (κ3) is 8.40. The number of esters is 1. The minimum atomic E-state index is -1.05. The van der Waals surface area contributed by atoms with E-state index in [4.69, 9.17) is 4.74 Å². The first kappa shape index (κ1) is 21.5. The Hall–Kier alpha value is -1.54. The van der Waals surface area contributed by atoms with Gasteiger partial charge in [-0.05, 0) is 58.4 Å².